The summed E-state index contributed by atoms with van der Waals surface area (Å²) in [6, 6.07) is 0. The number of rotatable bonds is 4. The van der Waals surface area contributed by atoms with Crippen LogP contribution in [0.2, 0.25) is 0 Å². The fourth-order valence-corrected chi connectivity index (χ4v) is 3.00. The predicted molar refractivity (Wildman–Crippen MR) is 81.5 cm³/mol. The zero-order chi connectivity index (χ0) is 13.1. The summed E-state index contributed by atoms with van der Waals surface area (Å²) < 4.78 is 0. The topological polar surface area (TPSA) is 28.2 Å². The summed E-state index contributed by atoms with van der Waals surface area (Å²) in [7, 11) is 0. The fraction of sp³-hybridized carbons (Fsp3) is 1.00. The molecule has 0 aromatic carbocycles. The van der Waals surface area contributed by atoms with Crippen molar-refractivity contribution >= 4 is 0 Å². The van der Waals surface area contributed by atoms with Gasteiger partial charge in [-0.05, 0) is 11.8 Å². The molecule has 131 valence electrons. The smallest absolute Gasteiger partial charge is 1.00 e. The summed E-state index contributed by atoms with van der Waals surface area (Å²) in [6.07, 6.45) is 11.0. The van der Waals surface area contributed by atoms with Crippen LogP contribution in [0.25, 0.3) is 10.6 Å². The minimum atomic E-state index is 0. The summed E-state index contributed by atoms with van der Waals surface area (Å²) in [5.41, 5.74) is 0. The third-order valence-electron chi connectivity index (χ3n) is 4.18. The van der Waals surface area contributed by atoms with Crippen LogP contribution in [0.5, 0.6) is 0 Å². The van der Waals surface area contributed by atoms with Gasteiger partial charge in [-0.15, -0.1) is 26.2 Å². The Bertz CT molecular complexity index is 160. The van der Waals surface area contributed by atoms with Crippen LogP contribution >= 0.6 is 0 Å². The summed E-state index contributed by atoms with van der Waals surface area (Å²) >= 11 is 0. The quantitative estimate of drug-likeness (QED) is 0.606. The molecule has 5 heteroatoms. The molecular formula is C16H32Cl2CoN2-2. The molecule has 2 aliphatic heterocycles. The van der Waals surface area contributed by atoms with E-state index in [1.807, 2.05) is 0 Å². The van der Waals surface area contributed by atoms with E-state index < -0.39 is 0 Å². The first-order valence-corrected chi connectivity index (χ1v) is 8.13. The second-order valence-electron chi connectivity index (χ2n) is 5.81. The molecule has 0 amide bonds. The van der Waals surface area contributed by atoms with Gasteiger partial charge in [-0.1, -0.05) is 65.2 Å². The van der Waals surface area contributed by atoms with E-state index in [2.05, 4.69) is 24.5 Å². The molecule has 2 fully saturated rings. The molecule has 2 saturated heterocycles. The Labute approximate surface area is 155 Å². The van der Waals surface area contributed by atoms with Gasteiger partial charge in [0.15, 0.2) is 0 Å². The van der Waals surface area contributed by atoms with Gasteiger partial charge in [0.1, 0.15) is 0 Å². The van der Waals surface area contributed by atoms with Crippen molar-refractivity contribution in [3.05, 3.63) is 10.6 Å². The van der Waals surface area contributed by atoms with Gasteiger partial charge in [-0.3, -0.25) is 0 Å². The second kappa shape index (κ2) is 19.1. The summed E-state index contributed by atoms with van der Waals surface area (Å²) in [4.78, 5) is 0. The first kappa shape index (κ1) is 26.9. The van der Waals surface area contributed by atoms with Crippen LogP contribution in [0.3, 0.4) is 0 Å². The standard InChI is InChI=1S/2C8H16N.2ClH.Co/c2*1-2-3-8-4-6-9-7-5-8;;;/h2*8H,2-7H2,1H3;2*1H;/q2*-1;;;+2/p-2. The number of hydrogen-bond acceptors (Lipinski definition) is 0. The molecule has 0 unspecified atom stereocenters. The molecule has 21 heavy (non-hydrogen) atoms. The molecule has 1 radical (unpaired) electrons. The van der Waals surface area contributed by atoms with E-state index in [-0.39, 0.29) is 41.6 Å². The first-order chi connectivity index (χ1) is 8.86. The maximum Gasteiger partial charge on any atom is 2.00 e. The molecule has 2 rings (SSSR count). The maximum atomic E-state index is 4.31. The molecular weight excluding hydrogens is 350 g/mol. The number of halogens is 2. The Morgan fingerprint density at radius 2 is 0.952 bits per heavy atom. The van der Waals surface area contributed by atoms with Gasteiger partial charge < -0.3 is 35.4 Å². The van der Waals surface area contributed by atoms with Crippen molar-refractivity contribution in [3.8, 4) is 0 Å². The molecule has 0 spiro atoms. The van der Waals surface area contributed by atoms with E-state index in [4.69, 9.17) is 0 Å². The van der Waals surface area contributed by atoms with E-state index in [1.54, 1.807) is 0 Å². The van der Waals surface area contributed by atoms with E-state index in [0.717, 1.165) is 38.0 Å². The average molecular weight is 382 g/mol. The Morgan fingerprint density at radius 3 is 1.19 bits per heavy atom. The molecule has 0 atom stereocenters. The molecule has 0 aromatic heterocycles. The zero-order valence-electron chi connectivity index (χ0n) is 13.6. The molecule has 0 N–H and O–H groups in total. The maximum absolute atomic E-state index is 4.31. The van der Waals surface area contributed by atoms with Crippen molar-refractivity contribution in [2.24, 2.45) is 11.8 Å². The molecule has 2 nitrogen and oxygen atoms in total. The van der Waals surface area contributed by atoms with Crippen molar-refractivity contribution in [1.29, 1.82) is 0 Å². The minimum Gasteiger partial charge on any atom is -1.00 e. The Hall–Kier alpha value is 1.01. The second-order valence-corrected chi connectivity index (χ2v) is 5.81. The molecule has 0 aliphatic carbocycles. The van der Waals surface area contributed by atoms with Crippen LogP contribution in [0.1, 0.15) is 65.2 Å². The Morgan fingerprint density at radius 1 is 0.667 bits per heavy atom. The Kier molecular flexibility index (Phi) is 24.4. The molecule has 0 bridgehead atoms. The van der Waals surface area contributed by atoms with Gasteiger partial charge in [0, 0.05) is 0 Å². The van der Waals surface area contributed by atoms with E-state index >= 15 is 0 Å². The van der Waals surface area contributed by atoms with Crippen molar-refractivity contribution in [1.82, 2.24) is 0 Å². The monoisotopic (exact) mass is 381 g/mol. The predicted octanol–water partition coefficient (Wildman–Crippen LogP) is -0.854. The SMILES string of the molecule is CCCC1CC[N-]CC1.CCCC1CC[N-]CC1.[Cl-].[Cl-].[Co+2]. The van der Waals surface area contributed by atoms with Gasteiger partial charge in [0.05, 0.1) is 0 Å². The van der Waals surface area contributed by atoms with Crippen LogP contribution < -0.4 is 24.8 Å². The minimum absolute atomic E-state index is 0. The van der Waals surface area contributed by atoms with Crippen LogP contribution in [0, 0.1) is 11.8 Å². The van der Waals surface area contributed by atoms with Crippen LogP contribution in [-0.2, 0) is 16.8 Å². The summed E-state index contributed by atoms with van der Waals surface area (Å²) in [5.74, 6) is 2.01. The average Bonchev–Trinajstić information content (AvgIpc) is 2.43. The van der Waals surface area contributed by atoms with Gasteiger partial charge >= 0.3 is 16.8 Å². The largest absolute Gasteiger partial charge is 2.00 e. The third kappa shape index (κ3) is 14.3. The number of nitrogens with zero attached hydrogens (tertiary/aromatic N) is 2. The third-order valence-corrected chi connectivity index (χ3v) is 4.18. The van der Waals surface area contributed by atoms with Crippen molar-refractivity contribution < 1.29 is 41.6 Å². The normalized spacial score (nSPS) is 19.1. The van der Waals surface area contributed by atoms with Crippen molar-refractivity contribution in [3.63, 3.8) is 0 Å². The van der Waals surface area contributed by atoms with Gasteiger partial charge in [-0.25, -0.2) is 0 Å². The summed E-state index contributed by atoms with van der Waals surface area (Å²) in [5, 5.41) is 8.62. The molecule has 2 heterocycles. The van der Waals surface area contributed by atoms with Crippen LogP contribution in [-0.4, -0.2) is 26.2 Å². The van der Waals surface area contributed by atoms with Crippen LogP contribution in [0.15, 0.2) is 0 Å². The van der Waals surface area contributed by atoms with Gasteiger partial charge in [0.2, 0.25) is 0 Å². The van der Waals surface area contributed by atoms with Crippen LogP contribution in [0.4, 0.5) is 0 Å². The van der Waals surface area contributed by atoms with Crippen molar-refractivity contribution in [2.45, 2.75) is 65.2 Å². The van der Waals surface area contributed by atoms with Gasteiger partial charge in [0.25, 0.3) is 0 Å². The zero-order valence-corrected chi connectivity index (χ0v) is 16.2. The van der Waals surface area contributed by atoms with E-state index in [1.165, 1.54) is 51.4 Å². The molecule has 2 aliphatic rings. The van der Waals surface area contributed by atoms with Gasteiger partial charge in [-0.2, -0.15) is 0 Å². The van der Waals surface area contributed by atoms with E-state index in [0.29, 0.717) is 0 Å². The summed E-state index contributed by atoms with van der Waals surface area (Å²) in [6.45, 7) is 9.06. The van der Waals surface area contributed by atoms with E-state index in [9.17, 15) is 0 Å². The number of piperidine rings is 2. The number of hydrogen-bond donors (Lipinski definition) is 0. The Balaban J connectivity index is -0.000000270. The fourth-order valence-electron chi connectivity index (χ4n) is 3.00. The molecule has 0 saturated carbocycles. The molecule has 0 aromatic rings. The first-order valence-electron chi connectivity index (χ1n) is 8.13. The van der Waals surface area contributed by atoms with Crippen molar-refractivity contribution in [2.75, 3.05) is 26.2 Å².